The maximum absolute atomic E-state index is 11.2. The normalized spacial score (nSPS) is 24.8. The third-order valence-electron chi connectivity index (χ3n) is 5.82. The highest BCUT2D eigenvalue weighted by Crippen LogP contribution is 2.42. The van der Waals surface area contributed by atoms with Crippen molar-refractivity contribution in [1.29, 1.82) is 0 Å². The molecule has 1 aromatic carbocycles. The third kappa shape index (κ3) is 8.56. The molecule has 3 saturated heterocycles. The van der Waals surface area contributed by atoms with Crippen LogP contribution < -0.4 is 4.74 Å². The van der Waals surface area contributed by atoms with Crippen LogP contribution in [-0.4, -0.2) is 76.3 Å². The van der Waals surface area contributed by atoms with Crippen molar-refractivity contribution in [1.82, 2.24) is 9.88 Å². The van der Waals surface area contributed by atoms with E-state index in [-0.39, 0.29) is 6.04 Å². The summed E-state index contributed by atoms with van der Waals surface area (Å²) in [5.41, 5.74) is 1.85. The highest BCUT2D eigenvalue weighted by molar-refractivity contribution is 7.80. The Morgan fingerprint density at radius 3 is 2.26 bits per heavy atom. The molecule has 0 amide bonds. The van der Waals surface area contributed by atoms with Crippen molar-refractivity contribution in [2.75, 3.05) is 20.2 Å². The molecule has 2 bridgehead atoms. The molecule has 12 nitrogen and oxygen atoms in total. The molecule has 5 atom stereocenters. The molecule has 4 heterocycles. The van der Waals surface area contributed by atoms with Gasteiger partial charge in [-0.25, -0.2) is 0 Å². The first-order valence-corrected chi connectivity index (χ1v) is 12.9. The molecule has 2 unspecified atom stereocenters. The van der Waals surface area contributed by atoms with Gasteiger partial charge in [-0.2, -0.15) is 16.8 Å². The van der Waals surface area contributed by atoms with Crippen LogP contribution >= 0.6 is 0 Å². The van der Waals surface area contributed by atoms with Crippen molar-refractivity contribution >= 4 is 31.7 Å². The number of aromatic nitrogens is 1. The molecule has 190 valence electrons. The second kappa shape index (κ2) is 11.5. The molecular weight excluding hydrogens is 492 g/mol. The number of ether oxygens (including phenoxy) is 1. The van der Waals surface area contributed by atoms with E-state index in [1.165, 1.54) is 6.42 Å². The molecule has 34 heavy (non-hydrogen) atoms. The maximum Gasteiger partial charge on any atom is 0.394 e. The summed E-state index contributed by atoms with van der Waals surface area (Å²) in [4.78, 5) is 6.86. The van der Waals surface area contributed by atoms with Gasteiger partial charge in [0.2, 0.25) is 0 Å². The first-order valence-electron chi connectivity index (χ1n) is 10.1. The van der Waals surface area contributed by atoms with E-state index in [4.69, 9.17) is 39.8 Å². The van der Waals surface area contributed by atoms with Crippen molar-refractivity contribution in [2.45, 2.75) is 25.0 Å². The average Bonchev–Trinajstić information content (AvgIpc) is 2.75. The van der Waals surface area contributed by atoms with Crippen LogP contribution in [0.1, 0.15) is 24.5 Å². The maximum atomic E-state index is 11.2. The number of hydrogen-bond donors (Lipinski definition) is 5. The molecule has 1 aromatic heterocycles. The van der Waals surface area contributed by atoms with Gasteiger partial charge in [-0.15, -0.1) is 6.58 Å². The highest BCUT2D eigenvalue weighted by atomic mass is 32.3. The van der Waals surface area contributed by atoms with E-state index < -0.39 is 26.9 Å². The lowest BCUT2D eigenvalue weighted by Crippen LogP contribution is -2.54. The van der Waals surface area contributed by atoms with Gasteiger partial charge >= 0.3 is 20.8 Å². The summed E-state index contributed by atoms with van der Waals surface area (Å²) in [7, 11) is -7.67. The van der Waals surface area contributed by atoms with E-state index in [0.717, 1.165) is 41.7 Å². The number of pyridine rings is 1. The molecule has 0 saturated carbocycles. The topological polar surface area (TPSA) is 195 Å². The Hall–Kier alpha value is -2.17. The predicted octanol–water partition coefficient (Wildman–Crippen LogP) is 1.87. The summed E-state index contributed by atoms with van der Waals surface area (Å²) in [5.74, 6) is 2.01. The van der Waals surface area contributed by atoms with E-state index in [2.05, 4.69) is 22.5 Å². The van der Waals surface area contributed by atoms with E-state index in [1.54, 1.807) is 13.3 Å². The summed E-state index contributed by atoms with van der Waals surface area (Å²) in [5, 5.41) is 12.1. The van der Waals surface area contributed by atoms with E-state index in [1.807, 2.05) is 24.3 Å². The molecule has 5 rings (SSSR count). The first-order chi connectivity index (χ1) is 15.7. The highest BCUT2D eigenvalue weighted by Gasteiger charge is 2.42. The van der Waals surface area contributed by atoms with Crippen molar-refractivity contribution in [3.8, 4) is 5.75 Å². The zero-order valence-corrected chi connectivity index (χ0v) is 19.9. The summed E-state index contributed by atoms with van der Waals surface area (Å²) >= 11 is 0. The second-order valence-electron chi connectivity index (χ2n) is 7.87. The van der Waals surface area contributed by atoms with E-state index in [9.17, 15) is 5.11 Å². The van der Waals surface area contributed by atoms with Crippen LogP contribution in [0.4, 0.5) is 0 Å². The first kappa shape index (κ1) is 28.1. The molecular formula is C20H28N2O10S2. The number of aliphatic hydroxyl groups is 1. The summed E-state index contributed by atoms with van der Waals surface area (Å²) < 4.78 is 68.5. The Balaban J connectivity index is 0.000000347. The Kier molecular flexibility index (Phi) is 9.50. The van der Waals surface area contributed by atoms with Crippen molar-refractivity contribution in [3.63, 3.8) is 0 Å². The van der Waals surface area contributed by atoms with E-state index >= 15 is 0 Å². The SMILES string of the molecule is C=C[C@@H]1CN2CCC1C[C@@H]2[C@H](O)c1ccnc2ccc(OC)cc12.O=S(=O)(O)O.O=S(=O)(O)O. The van der Waals surface area contributed by atoms with Gasteiger partial charge in [-0.3, -0.25) is 28.1 Å². The fraction of sp³-hybridized carbons (Fsp3) is 0.450. The zero-order valence-electron chi connectivity index (χ0n) is 18.3. The molecule has 3 aliphatic rings. The standard InChI is InChI=1S/C20H24N2O2.2H2O4S/c1-3-13-12-22-9-7-14(13)10-19(22)20(23)16-6-8-21-18-5-4-15(24-2)11-17(16)18;2*1-5(2,3)4/h3-6,8,11,13-14,19-20,23H,1,7,9-10,12H2,2H3;2*(H2,1,2,3,4)/t13-,14?,19-,20-;;/m1../s1. The van der Waals surface area contributed by atoms with Crippen molar-refractivity contribution in [3.05, 3.63) is 48.7 Å². The number of aliphatic hydroxyl groups excluding tert-OH is 1. The fourth-order valence-electron chi connectivity index (χ4n) is 4.44. The second-order valence-corrected chi connectivity index (χ2v) is 9.66. The van der Waals surface area contributed by atoms with Crippen LogP contribution in [0.15, 0.2) is 43.1 Å². The van der Waals surface area contributed by atoms with Crippen LogP contribution in [0.25, 0.3) is 10.9 Å². The predicted molar refractivity (Wildman–Crippen MR) is 123 cm³/mol. The quantitative estimate of drug-likeness (QED) is 0.290. The average molecular weight is 521 g/mol. The van der Waals surface area contributed by atoms with Gasteiger partial charge in [-0.05, 0) is 61.1 Å². The fourth-order valence-corrected chi connectivity index (χ4v) is 4.44. The smallest absolute Gasteiger partial charge is 0.394 e. The Bertz CT molecular complexity index is 1160. The van der Waals surface area contributed by atoms with Gasteiger partial charge in [0, 0.05) is 24.2 Å². The zero-order chi connectivity index (χ0) is 25.7. The van der Waals surface area contributed by atoms with Crippen molar-refractivity contribution in [2.24, 2.45) is 11.8 Å². The van der Waals surface area contributed by atoms with Crippen LogP contribution in [0, 0.1) is 11.8 Å². The van der Waals surface area contributed by atoms with Crippen LogP contribution in [0.2, 0.25) is 0 Å². The molecule has 5 N–H and O–H groups in total. The number of piperidine rings is 3. The molecule has 3 aliphatic heterocycles. The Labute approximate surface area is 198 Å². The van der Waals surface area contributed by atoms with Gasteiger partial charge in [-0.1, -0.05) is 6.08 Å². The van der Waals surface area contributed by atoms with Gasteiger partial charge < -0.3 is 9.84 Å². The molecule has 14 heteroatoms. The van der Waals surface area contributed by atoms with Gasteiger partial charge in [0.1, 0.15) is 5.75 Å². The number of fused-ring (bicyclic) bond motifs is 4. The molecule has 0 spiro atoms. The largest absolute Gasteiger partial charge is 0.497 e. The summed E-state index contributed by atoms with van der Waals surface area (Å²) in [6.45, 7) is 6.07. The molecule has 2 aromatic rings. The van der Waals surface area contributed by atoms with Crippen LogP contribution in [0.3, 0.4) is 0 Å². The van der Waals surface area contributed by atoms with Crippen LogP contribution in [-0.2, 0) is 20.8 Å². The lowest BCUT2D eigenvalue weighted by Gasteiger charge is -2.50. The lowest BCUT2D eigenvalue weighted by atomic mass is 9.73. The number of nitrogens with zero attached hydrogens (tertiary/aromatic N) is 2. The number of hydrogen-bond acceptors (Lipinski definition) is 8. The Morgan fingerprint density at radius 1 is 1.15 bits per heavy atom. The number of rotatable bonds is 4. The van der Waals surface area contributed by atoms with Gasteiger partial charge in [0.15, 0.2) is 0 Å². The van der Waals surface area contributed by atoms with Crippen molar-refractivity contribution < 1.29 is 44.9 Å². The molecule has 0 aliphatic carbocycles. The van der Waals surface area contributed by atoms with E-state index in [0.29, 0.717) is 11.8 Å². The lowest BCUT2D eigenvalue weighted by molar-refractivity contribution is -0.0444. The van der Waals surface area contributed by atoms with Gasteiger partial charge in [0.25, 0.3) is 0 Å². The minimum Gasteiger partial charge on any atom is -0.497 e. The van der Waals surface area contributed by atoms with Gasteiger partial charge in [0.05, 0.1) is 18.7 Å². The molecule has 0 radical (unpaired) electrons. The third-order valence-corrected chi connectivity index (χ3v) is 5.82. The minimum atomic E-state index is -4.67. The monoisotopic (exact) mass is 520 g/mol. The summed E-state index contributed by atoms with van der Waals surface area (Å²) in [6, 6.07) is 7.96. The number of benzene rings is 1. The minimum absolute atomic E-state index is 0.178. The Morgan fingerprint density at radius 2 is 1.76 bits per heavy atom. The number of methoxy groups -OCH3 is 1. The van der Waals surface area contributed by atoms with Crippen LogP contribution in [0.5, 0.6) is 5.75 Å². The summed E-state index contributed by atoms with van der Waals surface area (Å²) in [6.07, 6.45) is 5.62. The molecule has 3 fully saturated rings.